The van der Waals surface area contributed by atoms with Gasteiger partial charge in [-0.05, 0) is 81.8 Å². The molecule has 3 amide bonds. The smallest absolute Gasteiger partial charge is 0.407 e. The van der Waals surface area contributed by atoms with Gasteiger partial charge in [-0.25, -0.2) is 19.0 Å². The molecule has 15 heteroatoms. The van der Waals surface area contributed by atoms with E-state index in [1.54, 1.807) is 24.3 Å². The number of aromatic nitrogens is 4. The first-order chi connectivity index (χ1) is 26.7. The molecular weight excluding hydrogens is 721 g/mol. The molecule has 2 atom stereocenters. The molecule has 2 aromatic carbocycles. The van der Waals surface area contributed by atoms with Gasteiger partial charge < -0.3 is 40.3 Å². The Balaban J connectivity index is 0.971. The molecule has 3 heterocycles. The van der Waals surface area contributed by atoms with E-state index in [-0.39, 0.29) is 24.4 Å². The van der Waals surface area contributed by atoms with Crippen molar-refractivity contribution in [3.05, 3.63) is 60.4 Å². The molecule has 6 rings (SSSR count). The Kier molecular flexibility index (Phi) is 13.7. The highest BCUT2D eigenvalue weighted by Gasteiger charge is 2.28. The summed E-state index contributed by atoms with van der Waals surface area (Å²) in [4.78, 5) is 54.8. The first-order valence-corrected chi connectivity index (χ1v) is 20.4. The molecule has 4 aromatic rings. The minimum atomic E-state index is -1.44. The highest BCUT2D eigenvalue weighted by atomic mass is 32.2. The van der Waals surface area contributed by atoms with Crippen LogP contribution >= 0.6 is 0 Å². The third kappa shape index (κ3) is 10.2. The zero-order chi connectivity index (χ0) is 38.7. The molecule has 0 spiro atoms. The molecule has 1 fully saturated rings. The number of nitrogens with one attached hydrogen (secondary N) is 5. The van der Waals surface area contributed by atoms with Gasteiger partial charge in [0.2, 0.25) is 11.8 Å². The lowest BCUT2D eigenvalue weighted by molar-refractivity contribution is -0.129. The number of fused-ring (bicyclic) bond motifs is 2. The van der Waals surface area contributed by atoms with Crippen LogP contribution in [0.3, 0.4) is 0 Å². The third-order valence-corrected chi connectivity index (χ3v) is 11.8. The van der Waals surface area contributed by atoms with Crippen molar-refractivity contribution in [2.75, 3.05) is 40.8 Å². The van der Waals surface area contributed by atoms with Crippen LogP contribution in [0, 0.1) is 5.92 Å². The average molecular weight is 773 g/mol. The molecule has 294 valence electrons. The van der Waals surface area contributed by atoms with Crippen LogP contribution in [0.1, 0.15) is 69.4 Å². The van der Waals surface area contributed by atoms with Gasteiger partial charge in [-0.15, -0.1) is 0 Å². The molecule has 0 saturated heterocycles. The number of imidazole rings is 2. The quantitative estimate of drug-likeness (QED) is 0.0764. The Morgan fingerprint density at radius 2 is 1.56 bits per heavy atom. The highest BCUT2D eigenvalue weighted by molar-refractivity contribution is 7.85. The van der Waals surface area contributed by atoms with Gasteiger partial charge in [0.15, 0.2) is 0 Å². The monoisotopic (exact) mass is 772 g/mol. The molecule has 14 nitrogen and oxygen atoms in total. The molecule has 0 radical (unpaired) electrons. The number of amides is 3. The van der Waals surface area contributed by atoms with Crippen LogP contribution in [0.2, 0.25) is 0 Å². The van der Waals surface area contributed by atoms with Crippen molar-refractivity contribution in [1.29, 1.82) is 0 Å². The fourth-order valence-electron chi connectivity index (χ4n) is 7.23. The van der Waals surface area contributed by atoms with Crippen molar-refractivity contribution >= 4 is 28.7 Å². The third-order valence-electron chi connectivity index (χ3n) is 10.4. The number of hydrogen-bond acceptors (Lipinski definition) is 9. The first kappa shape index (κ1) is 39.7. The minimum absolute atomic E-state index is 0.104. The van der Waals surface area contributed by atoms with Gasteiger partial charge in [0, 0.05) is 44.1 Å². The Morgan fingerprint density at radius 1 is 0.891 bits per heavy atom. The van der Waals surface area contributed by atoms with Crippen molar-refractivity contribution in [3.8, 4) is 34.0 Å². The maximum Gasteiger partial charge on any atom is 0.407 e. The summed E-state index contributed by atoms with van der Waals surface area (Å²) in [6, 6.07) is 11.2. The van der Waals surface area contributed by atoms with E-state index in [0.717, 1.165) is 79.1 Å². The summed E-state index contributed by atoms with van der Waals surface area (Å²) in [6.45, 7) is 1.10. The number of ether oxygens (including phenoxy) is 2. The second-order valence-corrected chi connectivity index (χ2v) is 15.6. The lowest BCUT2D eigenvalue weighted by Crippen LogP contribution is -2.48. The van der Waals surface area contributed by atoms with Crippen molar-refractivity contribution in [3.63, 3.8) is 0 Å². The van der Waals surface area contributed by atoms with E-state index >= 15 is 0 Å². The Bertz CT molecular complexity index is 1970. The largest absolute Gasteiger partial charge is 0.455 e. The Hall–Kier alpha value is -5.02. The molecule has 1 unspecified atom stereocenters. The summed E-state index contributed by atoms with van der Waals surface area (Å²) >= 11 is 0. The summed E-state index contributed by atoms with van der Waals surface area (Å²) in [5.41, 5.74) is 3.41. The number of carbonyl (C=O) groups excluding carboxylic acids is 3. The molecule has 2 aliphatic rings. The minimum Gasteiger partial charge on any atom is -0.455 e. The maximum absolute atomic E-state index is 13.8. The van der Waals surface area contributed by atoms with E-state index in [9.17, 15) is 18.6 Å². The Morgan fingerprint density at radius 3 is 2.25 bits per heavy atom. The van der Waals surface area contributed by atoms with Crippen LogP contribution in [-0.4, -0.2) is 93.8 Å². The number of nitrogens with zero attached hydrogens (tertiary/aromatic N) is 3. The molecule has 1 saturated carbocycles. The van der Waals surface area contributed by atoms with E-state index in [2.05, 4.69) is 40.6 Å². The van der Waals surface area contributed by atoms with Gasteiger partial charge in [0.05, 0.1) is 57.5 Å². The first-order valence-electron chi connectivity index (χ1n) is 19.2. The Labute approximate surface area is 324 Å². The highest BCUT2D eigenvalue weighted by Crippen LogP contribution is 2.43. The van der Waals surface area contributed by atoms with Crippen molar-refractivity contribution < 1.29 is 28.1 Å². The fraction of sp³-hybridized carbons (Fsp3) is 0.475. The SMILES string of the molecule is CN[C@H](C(=O)NCCCCc1ncc(-c2ccc3c(c2)S(=O)c2ccc(-c4cnc(CCCCN(C)C(=O)CNC(=O)OC)[nH]4)cc2O3)[nH]1)C1CCCCC1. The lowest BCUT2D eigenvalue weighted by atomic mass is 9.83. The van der Waals surface area contributed by atoms with E-state index in [4.69, 9.17) is 4.74 Å². The van der Waals surface area contributed by atoms with Gasteiger partial charge in [0.25, 0.3) is 0 Å². The van der Waals surface area contributed by atoms with Crippen molar-refractivity contribution in [2.45, 2.75) is 86.5 Å². The zero-order valence-corrected chi connectivity index (χ0v) is 32.7. The van der Waals surface area contributed by atoms with Crippen LogP contribution in [-0.2, 0) is 38.0 Å². The number of aryl methyl sites for hydroxylation is 2. The van der Waals surface area contributed by atoms with Crippen LogP contribution in [0.25, 0.3) is 22.5 Å². The van der Waals surface area contributed by atoms with Gasteiger partial charge >= 0.3 is 6.09 Å². The summed E-state index contributed by atoms with van der Waals surface area (Å²) in [7, 11) is 3.40. The van der Waals surface area contributed by atoms with Crippen molar-refractivity contribution in [1.82, 2.24) is 40.8 Å². The lowest BCUT2D eigenvalue weighted by Gasteiger charge is -2.29. The molecule has 2 aromatic heterocycles. The van der Waals surface area contributed by atoms with Gasteiger partial charge in [-0.2, -0.15) is 0 Å². The molecule has 0 bridgehead atoms. The number of likely N-dealkylation sites (N-methyl/N-ethyl adjacent to an activating group) is 2. The number of carbonyl (C=O) groups is 3. The molecule has 1 aliphatic carbocycles. The van der Waals surface area contributed by atoms with Crippen LogP contribution < -0.4 is 20.7 Å². The zero-order valence-electron chi connectivity index (χ0n) is 31.9. The second-order valence-electron chi connectivity index (χ2n) is 14.2. The number of H-pyrrole nitrogens is 2. The summed E-state index contributed by atoms with van der Waals surface area (Å²) in [6.07, 6.45) is 13.7. The van der Waals surface area contributed by atoms with Gasteiger partial charge in [-0.1, -0.05) is 25.3 Å². The number of unbranched alkanes of at least 4 members (excludes halogenated alkanes) is 2. The van der Waals surface area contributed by atoms with Gasteiger partial charge in [-0.3, -0.25) is 9.59 Å². The number of methoxy groups -OCH3 is 1. The van der Waals surface area contributed by atoms with Crippen LogP contribution in [0.5, 0.6) is 11.5 Å². The topological polar surface area (TPSA) is 183 Å². The fourth-order valence-corrected chi connectivity index (χ4v) is 8.47. The number of hydrogen-bond donors (Lipinski definition) is 5. The number of benzene rings is 2. The maximum atomic E-state index is 13.8. The average Bonchev–Trinajstić information content (AvgIpc) is 3.89. The van der Waals surface area contributed by atoms with E-state index in [1.165, 1.54) is 26.4 Å². The predicted octanol–water partition coefficient (Wildman–Crippen LogP) is 5.48. The molecule has 1 aliphatic heterocycles. The van der Waals surface area contributed by atoms with E-state index < -0.39 is 16.9 Å². The normalized spacial score (nSPS) is 15.7. The summed E-state index contributed by atoms with van der Waals surface area (Å²) in [5.74, 6) is 3.13. The van der Waals surface area contributed by atoms with E-state index in [0.29, 0.717) is 46.7 Å². The summed E-state index contributed by atoms with van der Waals surface area (Å²) in [5, 5.41) is 8.76. The van der Waals surface area contributed by atoms with Crippen LogP contribution in [0.15, 0.2) is 58.6 Å². The van der Waals surface area contributed by atoms with E-state index in [1.807, 2.05) is 43.4 Å². The predicted molar refractivity (Wildman–Crippen MR) is 209 cm³/mol. The van der Waals surface area contributed by atoms with Gasteiger partial charge in [0.1, 0.15) is 29.7 Å². The molecular formula is C40H52N8O6S. The second kappa shape index (κ2) is 19.0. The van der Waals surface area contributed by atoms with Crippen molar-refractivity contribution in [2.24, 2.45) is 5.92 Å². The molecule has 55 heavy (non-hydrogen) atoms. The standard InChI is InChI=1S/C40H52N8O6S/c1-41-38(26-11-5-4-6-12-26)39(50)42-19-9-7-13-35-44-24-30(47-35)28-15-17-31-34(22-28)55(52)33-18-16-27(21-32(33)54-31)29-23-43-36(46-29)14-8-10-20-48(2)37(49)25-45-40(51)53-3/h15-18,21-24,26,38,41H,4-14,19-20,25H2,1-3H3,(H,42,50)(H,43,46)(H,44,47)(H,45,51)/t38-,55?/m0/s1. The number of rotatable bonds is 17. The number of alkyl carbamates (subject to hydrolysis) is 1. The summed E-state index contributed by atoms with van der Waals surface area (Å²) < 4.78 is 24.5. The van der Waals surface area contributed by atoms with Crippen LogP contribution in [0.4, 0.5) is 4.79 Å². The number of aromatic amines is 2. The molecule has 5 N–H and O–H groups in total.